The van der Waals surface area contributed by atoms with Gasteiger partial charge in [0.25, 0.3) is 0 Å². The van der Waals surface area contributed by atoms with Gasteiger partial charge in [-0.2, -0.15) is 0 Å². The first kappa shape index (κ1) is 17.0. The molecule has 1 saturated carbocycles. The molecule has 0 heterocycles. The first-order valence-corrected chi connectivity index (χ1v) is 9.57. The minimum atomic E-state index is -0.735. The van der Waals surface area contributed by atoms with Crippen molar-refractivity contribution < 1.29 is 9.90 Å². The predicted octanol–water partition coefficient (Wildman–Crippen LogP) is 5.21. The Bertz CT molecular complexity index is 928. The molecule has 134 valence electrons. The van der Waals surface area contributed by atoms with Crippen LogP contribution in [0.3, 0.4) is 0 Å². The summed E-state index contributed by atoms with van der Waals surface area (Å²) in [6, 6.07) is 19.6. The summed E-state index contributed by atoms with van der Waals surface area (Å²) >= 11 is 0. The lowest BCUT2D eigenvalue weighted by Crippen LogP contribution is -2.39. The average Bonchev–Trinajstić information content (AvgIpc) is 2.68. The van der Waals surface area contributed by atoms with Gasteiger partial charge in [0.15, 0.2) is 0 Å². The molecule has 1 N–H and O–H groups in total. The molecule has 26 heavy (non-hydrogen) atoms. The molecule has 0 aliphatic heterocycles. The molecular weight excluding hydrogens is 322 g/mol. The fourth-order valence-electron chi connectivity index (χ4n) is 4.42. The monoisotopic (exact) mass is 347 g/mol. The van der Waals surface area contributed by atoms with Gasteiger partial charge in [0.05, 0.1) is 6.54 Å². The number of carboxylic acid groups (broad SMARTS) is 1. The third kappa shape index (κ3) is 3.45. The van der Waals surface area contributed by atoms with E-state index >= 15 is 0 Å². The van der Waals surface area contributed by atoms with Gasteiger partial charge in [0, 0.05) is 12.6 Å². The highest BCUT2D eigenvalue weighted by atomic mass is 16.4. The lowest BCUT2D eigenvalue weighted by molar-refractivity contribution is -0.139. The van der Waals surface area contributed by atoms with E-state index in [-0.39, 0.29) is 6.54 Å². The van der Waals surface area contributed by atoms with Gasteiger partial charge in [-0.05, 0) is 46.0 Å². The van der Waals surface area contributed by atoms with Gasteiger partial charge >= 0.3 is 5.97 Å². The van der Waals surface area contributed by atoms with Crippen LogP contribution in [0.1, 0.15) is 37.7 Å². The number of hydrogen-bond acceptors (Lipinski definition) is 2. The van der Waals surface area contributed by atoms with E-state index in [4.69, 9.17) is 0 Å². The molecule has 0 spiro atoms. The number of carboxylic acids is 1. The van der Waals surface area contributed by atoms with Gasteiger partial charge in [-0.1, -0.05) is 67.8 Å². The third-order valence-electron chi connectivity index (χ3n) is 5.66. The van der Waals surface area contributed by atoms with E-state index in [0.717, 1.165) is 12.8 Å². The highest BCUT2D eigenvalue weighted by Crippen LogP contribution is 2.31. The zero-order valence-electron chi connectivity index (χ0n) is 15.0. The zero-order valence-corrected chi connectivity index (χ0v) is 15.0. The van der Waals surface area contributed by atoms with Gasteiger partial charge in [0.1, 0.15) is 0 Å². The van der Waals surface area contributed by atoms with Crippen molar-refractivity contribution in [3.63, 3.8) is 0 Å². The van der Waals surface area contributed by atoms with Crippen LogP contribution in [-0.2, 0) is 11.3 Å². The molecule has 1 aliphatic rings. The van der Waals surface area contributed by atoms with Crippen LogP contribution in [0.4, 0.5) is 0 Å². The predicted molar refractivity (Wildman–Crippen MR) is 106 cm³/mol. The largest absolute Gasteiger partial charge is 0.480 e. The fraction of sp³-hybridized carbons (Fsp3) is 0.348. The van der Waals surface area contributed by atoms with Gasteiger partial charge in [-0.25, -0.2) is 0 Å². The van der Waals surface area contributed by atoms with Crippen LogP contribution in [0.5, 0.6) is 0 Å². The van der Waals surface area contributed by atoms with Gasteiger partial charge in [-0.3, -0.25) is 9.69 Å². The third-order valence-corrected chi connectivity index (χ3v) is 5.66. The SMILES string of the molecule is O=C(O)CN(Cc1cc2ccccc2c2ccccc12)C1CCCCC1. The quantitative estimate of drug-likeness (QED) is 0.644. The van der Waals surface area contributed by atoms with Gasteiger partial charge in [-0.15, -0.1) is 0 Å². The van der Waals surface area contributed by atoms with E-state index < -0.39 is 5.97 Å². The maximum Gasteiger partial charge on any atom is 0.317 e. The standard InChI is InChI=1S/C23H25NO2/c25-23(26)16-24(19-9-2-1-3-10-19)15-18-14-17-8-4-5-11-20(17)22-13-7-6-12-21(18)22/h4-8,11-14,19H,1-3,9-10,15-16H2,(H,25,26). The van der Waals surface area contributed by atoms with E-state index in [1.54, 1.807) is 0 Å². The number of aliphatic carboxylic acids is 1. The van der Waals surface area contributed by atoms with Crippen molar-refractivity contribution in [3.05, 3.63) is 60.2 Å². The molecule has 3 aromatic carbocycles. The number of benzene rings is 3. The zero-order chi connectivity index (χ0) is 17.9. The number of hydrogen-bond donors (Lipinski definition) is 1. The van der Waals surface area contributed by atoms with Crippen LogP contribution >= 0.6 is 0 Å². The topological polar surface area (TPSA) is 40.5 Å². The summed E-state index contributed by atoms with van der Waals surface area (Å²) < 4.78 is 0. The Kier molecular flexibility index (Phi) is 4.89. The number of nitrogens with zero attached hydrogens (tertiary/aromatic N) is 1. The second-order valence-corrected chi connectivity index (χ2v) is 7.39. The Labute approximate surface area is 154 Å². The van der Waals surface area contributed by atoms with E-state index in [0.29, 0.717) is 12.6 Å². The molecule has 0 saturated heterocycles. The second-order valence-electron chi connectivity index (χ2n) is 7.39. The molecule has 4 rings (SSSR count). The molecule has 1 fully saturated rings. The molecule has 0 bridgehead atoms. The Balaban J connectivity index is 1.76. The van der Waals surface area contributed by atoms with Crippen LogP contribution < -0.4 is 0 Å². The summed E-state index contributed by atoms with van der Waals surface area (Å²) in [5.74, 6) is -0.735. The van der Waals surface area contributed by atoms with E-state index in [2.05, 4.69) is 59.5 Å². The highest BCUT2D eigenvalue weighted by Gasteiger charge is 2.24. The van der Waals surface area contributed by atoms with E-state index in [1.807, 2.05) is 0 Å². The number of rotatable bonds is 5. The summed E-state index contributed by atoms with van der Waals surface area (Å²) in [7, 11) is 0. The van der Waals surface area contributed by atoms with Crippen molar-refractivity contribution in [2.75, 3.05) is 6.54 Å². The van der Waals surface area contributed by atoms with Crippen molar-refractivity contribution in [2.24, 2.45) is 0 Å². The minimum absolute atomic E-state index is 0.117. The van der Waals surface area contributed by atoms with Crippen molar-refractivity contribution in [1.29, 1.82) is 0 Å². The van der Waals surface area contributed by atoms with E-state index in [9.17, 15) is 9.90 Å². The Hall–Kier alpha value is -2.39. The fourth-order valence-corrected chi connectivity index (χ4v) is 4.42. The molecule has 0 amide bonds. The van der Waals surface area contributed by atoms with Gasteiger partial charge in [0.2, 0.25) is 0 Å². The normalized spacial score (nSPS) is 15.7. The highest BCUT2D eigenvalue weighted by molar-refractivity contribution is 6.08. The lowest BCUT2D eigenvalue weighted by Gasteiger charge is -2.33. The Morgan fingerprint density at radius 2 is 1.58 bits per heavy atom. The molecule has 3 nitrogen and oxygen atoms in total. The maximum absolute atomic E-state index is 11.5. The van der Waals surface area contributed by atoms with Crippen LogP contribution in [0.15, 0.2) is 54.6 Å². The summed E-state index contributed by atoms with van der Waals surface area (Å²) in [4.78, 5) is 13.7. The van der Waals surface area contributed by atoms with Crippen molar-refractivity contribution in [1.82, 2.24) is 4.90 Å². The summed E-state index contributed by atoms with van der Waals surface area (Å²) in [5.41, 5.74) is 1.23. The molecular formula is C23H25NO2. The summed E-state index contributed by atoms with van der Waals surface area (Å²) in [6.45, 7) is 0.814. The van der Waals surface area contributed by atoms with Gasteiger partial charge < -0.3 is 5.11 Å². The summed E-state index contributed by atoms with van der Waals surface area (Å²) in [6.07, 6.45) is 5.91. The smallest absolute Gasteiger partial charge is 0.317 e. The molecule has 0 radical (unpaired) electrons. The number of fused-ring (bicyclic) bond motifs is 3. The molecule has 0 unspecified atom stereocenters. The van der Waals surface area contributed by atoms with E-state index in [1.165, 1.54) is 46.4 Å². The second kappa shape index (κ2) is 7.46. The molecule has 1 aliphatic carbocycles. The minimum Gasteiger partial charge on any atom is -0.480 e. The molecule has 3 aromatic rings. The van der Waals surface area contributed by atoms with Crippen LogP contribution in [0.25, 0.3) is 21.5 Å². The molecule has 0 atom stereocenters. The molecule has 3 heteroatoms. The number of carbonyl (C=O) groups is 1. The first-order chi connectivity index (χ1) is 12.7. The summed E-state index contributed by atoms with van der Waals surface area (Å²) in [5, 5.41) is 14.4. The molecule has 0 aromatic heterocycles. The van der Waals surface area contributed by atoms with Crippen molar-refractivity contribution >= 4 is 27.5 Å². The van der Waals surface area contributed by atoms with Crippen LogP contribution in [-0.4, -0.2) is 28.6 Å². The van der Waals surface area contributed by atoms with Crippen molar-refractivity contribution in [2.45, 2.75) is 44.7 Å². The average molecular weight is 347 g/mol. The Morgan fingerprint density at radius 3 is 2.31 bits per heavy atom. The van der Waals surface area contributed by atoms with Crippen LogP contribution in [0, 0.1) is 0 Å². The first-order valence-electron chi connectivity index (χ1n) is 9.57. The maximum atomic E-state index is 11.5. The Morgan fingerprint density at radius 1 is 0.923 bits per heavy atom. The lowest BCUT2D eigenvalue weighted by atomic mass is 9.92. The van der Waals surface area contributed by atoms with Crippen molar-refractivity contribution in [3.8, 4) is 0 Å². The van der Waals surface area contributed by atoms with Crippen LogP contribution in [0.2, 0.25) is 0 Å².